The lowest BCUT2D eigenvalue weighted by molar-refractivity contribution is -0.138. The van der Waals surface area contributed by atoms with E-state index in [0.717, 1.165) is 16.7 Å². The van der Waals surface area contributed by atoms with Gasteiger partial charge >= 0.3 is 5.97 Å². The van der Waals surface area contributed by atoms with Gasteiger partial charge in [-0.25, -0.2) is 0 Å². The van der Waals surface area contributed by atoms with Crippen LogP contribution >= 0.6 is 11.8 Å². The summed E-state index contributed by atoms with van der Waals surface area (Å²) in [5, 5.41) is 8.83. The predicted molar refractivity (Wildman–Crippen MR) is 59.0 cm³/mol. The molecule has 0 spiro atoms. The van der Waals surface area contributed by atoms with Gasteiger partial charge in [-0.2, -0.15) is 0 Å². The van der Waals surface area contributed by atoms with E-state index >= 15 is 0 Å². The van der Waals surface area contributed by atoms with Crippen molar-refractivity contribution in [2.24, 2.45) is 0 Å². The standard InChI is InChI=1S/C11H12O3S/c1-7(11(13)14)9-4-3-5-10(6-9)15-8(2)12/h3-7H,1-2H3,(H,13,14). The first-order valence-corrected chi connectivity index (χ1v) is 5.33. The van der Waals surface area contributed by atoms with Crippen molar-refractivity contribution < 1.29 is 14.7 Å². The van der Waals surface area contributed by atoms with Crippen molar-refractivity contribution in [3.05, 3.63) is 29.8 Å². The van der Waals surface area contributed by atoms with Crippen LogP contribution in [0.4, 0.5) is 0 Å². The van der Waals surface area contributed by atoms with Crippen LogP contribution in [-0.2, 0) is 9.59 Å². The lowest BCUT2D eigenvalue weighted by Gasteiger charge is -2.07. The van der Waals surface area contributed by atoms with Gasteiger partial charge in [0.25, 0.3) is 0 Å². The molecule has 0 aromatic heterocycles. The summed E-state index contributed by atoms with van der Waals surface area (Å²) in [7, 11) is 0. The Morgan fingerprint density at radius 2 is 2.07 bits per heavy atom. The second-order valence-electron chi connectivity index (χ2n) is 3.23. The van der Waals surface area contributed by atoms with Gasteiger partial charge in [0, 0.05) is 11.8 Å². The van der Waals surface area contributed by atoms with E-state index in [1.165, 1.54) is 6.92 Å². The van der Waals surface area contributed by atoms with Gasteiger partial charge in [-0.15, -0.1) is 0 Å². The van der Waals surface area contributed by atoms with Crippen LogP contribution in [-0.4, -0.2) is 16.2 Å². The lowest BCUT2D eigenvalue weighted by Crippen LogP contribution is -2.07. The molecule has 0 radical (unpaired) electrons. The van der Waals surface area contributed by atoms with Crippen molar-refractivity contribution in [1.82, 2.24) is 0 Å². The van der Waals surface area contributed by atoms with Gasteiger partial charge in [0.1, 0.15) is 0 Å². The van der Waals surface area contributed by atoms with E-state index < -0.39 is 11.9 Å². The molecule has 0 fully saturated rings. The van der Waals surface area contributed by atoms with Crippen molar-refractivity contribution in [2.75, 3.05) is 0 Å². The zero-order valence-corrected chi connectivity index (χ0v) is 9.38. The third kappa shape index (κ3) is 3.40. The Kier molecular flexibility index (Phi) is 3.91. The highest BCUT2D eigenvalue weighted by atomic mass is 32.2. The first-order valence-electron chi connectivity index (χ1n) is 4.52. The Morgan fingerprint density at radius 3 is 2.60 bits per heavy atom. The third-order valence-electron chi connectivity index (χ3n) is 1.99. The molecular weight excluding hydrogens is 212 g/mol. The van der Waals surface area contributed by atoms with Crippen LogP contribution in [0, 0.1) is 0 Å². The van der Waals surface area contributed by atoms with Crippen molar-refractivity contribution >= 4 is 22.8 Å². The topological polar surface area (TPSA) is 54.4 Å². The Balaban J connectivity index is 2.92. The molecular formula is C11H12O3S. The molecule has 1 atom stereocenters. The minimum atomic E-state index is -0.861. The summed E-state index contributed by atoms with van der Waals surface area (Å²) < 4.78 is 0. The summed E-state index contributed by atoms with van der Waals surface area (Å²) >= 11 is 1.11. The predicted octanol–water partition coefficient (Wildman–Crippen LogP) is 2.51. The highest BCUT2D eigenvalue weighted by molar-refractivity contribution is 8.13. The molecule has 0 aliphatic heterocycles. The average Bonchev–Trinajstić information content (AvgIpc) is 2.16. The van der Waals surface area contributed by atoms with Crippen LogP contribution in [0.5, 0.6) is 0 Å². The van der Waals surface area contributed by atoms with Crippen LogP contribution in [0.1, 0.15) is 25.3 Å². The number of carboxylic acid groups (broad SMARTS) is 1. The maximum absolute atomic E-state index is 10.9. The molecule has 1 unspecified atom stereocenters. The van der Waals surface area contributed by atoms with Crippen LogP contribution in [0.15, 0.2) is 29.2 Å². The number of rotatable bonds is 3. The molecule has 1 aromatic carbocycles. The Bertz CT molecular complexity index is 387. The van der Waals surface area contributed by atoms with E-state index in [9.17, 15) is 9.59 Å². The first kappa shape index (κ1) is 11.8. The molecule has 0 saturated carbocycles. The van der Waals surface area contributed by atoms with E-state index in [1.807, 2.05) is 0 Å². The van der Waals surface area contributed by atoms with E-state index in [1.54, 1.807) is 31.2 Å². The number of carbonyl (C=O) groups excluding carboxylic acids is 1. The molecule has 4 heteroatoms. The normalized spacial score (nSPS) is 12.1. The van der Waals surface area contributed by atoms with E-state index in [4.69, 9.17) is 5.11 Å². The number of carboxylic acids is 1. The number of carbonyl (C=O) groups is 2. The largest absolute Gasteiger partial charge is 0.481 e. The number of benzene rings is 1. The Labute approximate surface area is 92.5 Å². The number of thioether (sulfide) groups is 1. The van der Waals surface area contributed by atoms with Gasteiger partial charge in [-0.1, -0.05) is 23.9 Å². The quantitative estimate of drug-likeness (QED) is 0.801. The monoisotopic (exact) mass is 224 g/mol. The summed E-state index contributed by atoms with van der Waals surface area (Å²) in [6.07, 6.45) is 0. The summed E-state index contributed by atoms with van der Waals surface area (Å²) in [6.45, 7) is 3.11. The molecule has 0 saturated heterocycles. The summed E-state index contributed by atoms with van der Waals surface area (Å²) in [5.41, 5.74) is 0.716. The maximum atomic E-state index is 10.9. The maximum Gasteiger partial charge on any atom is 0.310 e. The van der Waals surface area contributed by atoms with Crippen molar-refractivity contribution in [3.63, 3.8) is 0 Å². The highest BCUT2D eigenvalue weighted by Gasteiger charge is 2.13. The Hall–Kier alpha value is -1.29. The SMILES string of the molecule is CC(=O)Sc1cccc(C(C)C(=O)O)c1. The number of hydrogen-bond donors (Lipinski definition) is 1. The molecule has 0 aliphatic rings. The molecule has 80 valence electrons. The van der Waals surface area contributed by atoms with Crippen LogP contribution in [0.2, 0.25) is 0 Å². The molecule has 0 aliphatic carbocycles. The molecule has 1 rings (SSSR count). The fourth-order valence-corrected chi connectivity index (χ4v) is 1.83. The zero-order chi connectivity index (χ0) is 11.4. The molecule has 0 bridgehead atoms. The Morgan fingerprint density at radius 1 is 1.40 bits per heavy atom. The second-order valence-corrected chi connectivity index (χ2v) is 4.48. The third-order valence-corrected chi connectivity index (χ3v) is 2.77. The van der Waals surface area contributed by atoms with Crippen LogP contribution in [0.25, 0.3) is 0 Å². The molecule has 3 nitrogen and oxygen atoms in total. The average molecular weight is 224 g/mol. The smallest absolute Gasteiger partial charge is 0.310 e. The number of aliphatic carboxylic acids is 1. The summed E-state index contributed by atoms with van der Waals surface area (Å²) in [4.78, 5) is 22.4. The second kappa shape index (κ2) is 4.98. The van der Waals surface area contributed by atoms with Gasteiger partial charge in [0.05, 0.1) is 5.92 Å². The number of hydrogen-bond acceptors (Lipinski definition) is 3. The summed E-state index contributed by atoms with van der Waals surface area (Å²) in [6, 6.07) is 7.05. The molecule has 1 N–H and O–H groups in total. The minimum absolute atomic E-state index is 0.00451. The highest BCUT2D eigenvalue weighted by Crippen LogP contribution is 2.23. The fourth-order valence-electron chi connectivity index (χ4n) is 1.16. The van der Waals surface area contributed by atoms with Crippen LogP contribution in [0.3, 0.4) is 0 Å². The first-order chi connectivity index (χ1) is 7.00. The van der Waals surface area contributed by atoms with E-state index in [-0.39, 0.29) is 5.12 Å². The van der Waals surface area contributed by atoms with E-state index in [2.05, 4.69) is 0 Å². The lowest BCUT2D eigenvalue weighted by atomic mass is 10.0. The van der Waals surface area contributed by atoms with Crippen molar-refractivity contribution in [3.8, 4) is 0 Å². The van der Waals surface area contributed by atoms with Crippen LogP contribution < -0.4 is 0 Å². The van der Waals surface area contributed by atoms with Crippen molar-refractivity contribution in [2.45, 2.75) is 24.7 Å². The van der Waals surface area contributed by atoms with E-state index in [0.29, 0.717) is 5.56 Å². The molecule has 1 aromatic rings. The van der Waals surface area contributed by atoms with Gasteiger partial charge in [-0.3, -0.25) is 9.59 Å². The minimum Gasteiger partial charge on any atom is -0.481 e. The van der Waals surface area contributed by atoms with Gasteiger partial charge < -0.3 is 5.11 Å². The summed E-state index contributed by atoms with van der Waals surface area (Å²) in [5.74, 6) is -1.41. The fraction of sp³-hybridized carbons (Fsp3) is 0.273. The molecule has 15 heavy (non-hydrogen) atoms. The van der Waals surface area contributed by atoms with Gasteiger partial charge in [0.2, 0.25) is 0 Å². The van der Waals surface area contributed by atoms with Gasteiger partial charge in [0.15, 0.2) is 5.12 Å². The van der Waals surface area contributed by atoms with Gasteiger partial charge in [-0.05, 0) is 24.6 Å². The molecule has 0 amide bonds. The molecule has 0 heterocycles. The van der Waals surface area contributed by atoms with Crippen molar-refractivity contribution in [1.29, 1.82) is 0 Å². The zero-order valence-electron chi connectivity index (χ0n) is 8.56.